The van der Waals surface area contributed by atoms with Crippen LogP contribution in [0.4, 0.5) is 0 Å². The average molecular weight is 172 g/mol. The van der Waals surface area contributed by atoms with Crippen molar-refractivity contribution in [3.8, 4) is 0 Å². The van der Waals surface area contributed by atoms with Crippen molar-refractivity contribution in [2.45, 2.75) is 31.8 Å². The number of hydrogen-bond acceptors (Lipinski definition) is 3. The molecular formula is C9H20N2O. The Morgan fingerprint density at radius 1 is 1.67 bits per heavy atom. The lowest BCUT2D eigenvalue weighted by molar-refractivity contribution is 0.0902. The highest BCUT2D eigenvalue weighted by molar-refractivity contribution is 4.82. The van der Waals surface area contributed by atoms with E-state index in [0.717, 1.165) is 6.61 Å². The molecule has 0 spiro atoms. The van der Waals surface area contributed by atoms with Gasteiger partial charge in [-0.15, -0.1) is 0 Å². The van der Waals surface area contributed by atoms with Gasteiger partial charge in [0.1, 0.15) is 0 Å². The summed E-state index contributed by atoms with van der Waals surface area (Å²) in [6.45, 7) is 4.93. The van der Waals surface area contributed by atoms with Crippen LogP contribution in [-0.2, 0) is 4.74 Å². The van der Waals surface area contributed by atoms with E-state index in [1.165, 1.54) is 19.4 Å². The van der Waals surface area contributed by atoms with E-state index in [4.69, 9.17) is 10.5 Å². The van der Waals surface area contributed by atoms with Gasteiger partial charge < -0.3 is 10.5 Å². The molecule has 2 unspecified atom stereocenters. The van der Waals surface area contributed by atoms with Gasteiger partial charge in [-0.25, -0.2) is 0 Å². The third-order valence-corrected chi connectivity index (χ3v) is 2.70. The van der Waals surface area contributed by atoms with Crippen molar-refractivity contribution >= 4 is 0 Å². The molecule has 72 valence electrons. The van der Waals surface area contributed by atoms with Gasteiger partial charge in [0, 0.05) is 25.7 Å². The molecule has 1 aliphatic heterocycles. The maximum atomic E-state index is 5.68. The molecule has 0 aliphatic carbocycles. The first-order valence-electron chi connectivity index (χ1n) is 4.74. The highest BCUT2D eigenvalue weighted by Gasteiger charge is 2.26. The van der Waals surface area contributed by atoms with E-state index in [1.54, 1.807) is 7.11 Å². The van der Waals surface area contributed by atoms with E-state index in [-0.39, 0.29) is 0 Å². The third kappa shape index (κ3) is 2.19. The molecule has 0 aromatic rings. The topological polar surface area (TPSA) is 38.5 Å². The lowest BCUT2D eigenvalue weighted by Gasteiger charge is -2.29. The lowest BCUT2D eigenvalue weighted by atomic mass is 10.2. The molecule has 1 aliphatic rings. The molecule has 12 heavy (non-hydrogen) atoms. The summed E-state index contributed by atoms with van der Waals surface area (Å²) in [4.78, 5) is 2.46. The van der Waals surface area contributed by atoms with Crippen molar-refractivity contribution in [2.24, 2.45) is 5.73 Å². The van der Waals surface area contributed by atoms with Crippen LogP contribution in [0, 0.1) is 0 Å². The van der Waals surface area contributed by atoms with Crippen LogP contribution < -0.4 is 5.73 Å². The van der Waals surface area contributed by atoms with Crippen molar-refractivity contribution in [1.29, 1.82) is 0 Å². The number of ether oxygens (including phenoxy) is 1. The largest absolute Gasteiger partial charge is 0.383 e. The van der Waals surface area contributed by atoms with E-state index in [1.807, 2.05) is 0 Å². The van der Waals surface area contributed by atoms with Crippen molar-refractivity contribution < 1.29 is 4.74 Å². The van der Waals surface area contributed by atoms with Crippen LogP contribution in [0.25, 0.3) is 0 Å². The van der Waals surface area contributed by atoms with E-state index in [0.29, 0.717) is 18.6 Å². The normalized spacial score (nSPS) is 27.8. The Morgan fingerprint density at radius 3 is 2.83 bits per heavy atom. The Kier molecular flexibility index (Phi) is 3.98. The Bertz CT molecular complexity index is 130. The van der Waals surface area contributed by atoms with E-state index >= 15 is 0 Å². The second-order valence-electron chi connectivity index (χ2n) is 3.57. The molecule has 1 fully saturated rings. The quantitative estimate of drug-likeness (QED) is 0.669. The summed E-state index contributed by atoms with van der Waals surface area (Å²) in [6, 6.07) is 1.11. The zero-order chi connectivity index (χ0) is 8.97. The van der Waals surface area contributed by atoms with E-state index in [9.17, 15) is 0 Å². The van der Waals surface area contributed by atoms with Crippen LogP contribution in [0.15, 0.2) is 0 Å². The van der Waals surface area contributed by atoms with Gasteiger partial charge in [-0.3, -0.25) is 4.90 Å². The summed E-state index contributed by atoms with van der Waals surface area (Å²) >= 11 is 0. The summed E-state index contributed by atoms with van der Waals surface area (Å²) < 4.78 is 5.13. The molecule has 3 heteroatoms. The maximum Gasteiger partial charge on any atom is 0.0630 e. The number of methoxy groups -OCH3 is 1. The molecule has 0 bridgehead atoms. The molecule has 2 atom stereocenters. The smallest absolute Gasteiger partial charge is 0.0630 e. The SMILES string of the molecule is COCC(CN)N1CCCC1C. The molecule has 2 N–H and O–H groups in total. The molecule has 1 heterocycles. The van der Waals surface area contributed by atoms with Gasteiger partial charge in [-0.1, -0.05) is 0 Å². The molecule has 0 saturated carbocycles. The van der Waals surface area contributed by atoms with Crippen LogP contribution >= 0.6 is 0 Å². The fraction of sp³-hybridized carbons (Fsp3) is 1.00. The predicted molar refractivity (Wildman–Crippen MR) is 50.1 cm³/mol. The van der Waals surface area contributed by atoms with Gasteiger partial charge in [0.15, 0.2) is 0 Å². The standard InChI is InChI=1S/C9H20N2O/c1-8-4-3-5-11(8)9(6-10)7-12-2/h8-9H,3-7,10H2,1-2H3. The fourth-order valence-electron chi connectivity index (χ4n) is 1.99. The Morgan fingerprint density at radius 2 is 2.42 bits per heavy atom. The molecular weight excluding hydrogens is 152 g/mol. The zero-order valence-corrected chi connectivity index (χ0v) is 8.12. The van der Waals surface area contributed by atoms with Crippen molar-refractivity contribution in [3.05, 3.63) is 0 Å². The summed E-state index contributed by atoms with van der Waals surface area (Å²) in [5.74, 6) is 0. The van der Waals surface area contributed by atoms with Gasteiger partial charge in [0.2, 0.25) is 0 Å². The first kappa shape index (κ1) is 9.96. The highest BCUT2D eigenvalue weighted by Crippen LogP contribution is 2.18. The third-order valence-electron chi connectivity index (χ3n) is 2.70. The van der Waals surface area contributed by atoms with E-state index < -0.39 is 0 Å². The van der Waals surface area contributed by atoms with Crippen LogP contribution in [0.5, 0.6) is 0 Å². The van der Waals surface area contributed by atoms with Crippen LogP contribution in [0.3, 0.4) is 0 Å². The molecule has 1 saturated heterocycles. The number of rotatable bonds is 4. The minimum atomic E-state index is 0.424. The molecule has 0 aromatic heterocycles. The van der Waals surface area contributed by atoms with Gasteiger partial charge in [-0.05, 0) is 26.3 Å². The first-order chi connectivity index (χ1) is 5.79. The second-order valence-corrected chi connectivity index (χ2v) is 3.57. The van der Waals surface area contributed by atoms with Crippen molar-refractivity contribution in [1.82, 2.24) is 4.90 Å². The Hall–Kier alpha value is -0.120. The van der Waals surface area contributed by atoms with Crippen LogP contribution in [-0.4, -0.2) is 43.8 Å². The second kappa shape index (κ2) is 4.80. The number of nitrogens with two attached hydrogens (primary N) is 1. The number of likely N-dealkylation sites (tertiary alicyclic amines) is 1. The summed E-state index contributed by atoms with van der Waals surface area (Å²) in [7, 11) is 1.74. The van der Waals surface area contributed by atoms with Gasteiger partial charge in [-0.2, -0.15) is 0 Å². The summed E-state index contributed by atoms with van der Waals surface area (Å²) in [5.41, 5.74) is 5.68. The van der Waals surface area contributed by atoms with Crippen LogP contribution in [0.1, 0.15) is 19.8 Å². The minimum absolute atomic E-state index is 0.424. The Labute approximate surface area is 74.9 Å². The maximum absolute atomic E-state index is 5.68. The van der Waals surface area contributed by atoms with E-state index in [2.05, 4.69) is 11.8 Å². The van der Waals surface area contributed by atoms with Crippen LogP contribution in [0.2, 0.25) is 0 Å². The fourth-order valence-corrected chi connectivity index (χ4v) is 1.99. The predicted octanol–water partition coefficient (Wildman–Crippen LogP) is 0.444. The van der Waals surface area contributed by atoms with Crippen molar-refractivity contribution in [2.75, 3.05) is 26.8 Å². The van der Waals surface area contributed by atoms with Gasteiger partial charge in [0.25, 0.3) is 0 Å². The average Bonchev–Trinajstić information content (AvgIpc) is 2.47. The highest BCUT2D eigenvalue weighted by atomic mass is 16.5. The van der Waals surface area contributed by atoms with Gasteiger partial charge in [0.05, 0.1) is 6.61 Å². The lowest BCUT2D eigenvalue weighted by Crippen LogP contribution is -2.45. The molecule has 1 rings (SSSR count). The van der Waals surface area contributed by atoms with Gasteiger partial charge >= 0.3 is 0 Å². The number of nitrogens with zero attached hydrogens (tertiary/aromatic N) is 1. The summed E-state index contributed by atoms with van der Waals surface area (Å²) in [6.07, 6.45) is 2.61. The molecule has 3 nitrogen and oxygen atoms in total. The van der Waals surface area contributed by atoms with Crippen molar-refractivity contribution in [3.63, 3.8) is 0 Å². The zero-order valence-electron chi connectivity index (χ0n) is 8.12. The summed E-state index contributed by atoms with van der Waals surface area (Å²) in [5, 5.41) is 0. The molecule has 0 amide bonds. The monoisotopic (exact) mass is 172 g/mol. The minimum Gasteiger partial charge on any atom is -0.383 e. The molecule has 0 aromatic carbocycles. The number of hydrogen-bond donors (Lipinski definition) is 1. The molecule has 0 radical (unpaired) electrons. The Balaban J connectivity index is 2.41. The first-order valence-corrected chi connectivity index (χ1v) is 4.74.